The van der Waals surface area contributed by atoms with Gasteiger partial charge in [-0.15, -0.1) is 0 Å². The Morgan fingerprint density at radius 3 is 2.50 bits per heavy atom. The third-order valence-electron chi connectivity index (χ3n) is 4.56. The van der Waals surface area contributed by atoms with Gasteiger partial charge in [0.2, 0.25) is 0 Å². The van der Waals surface area contributed by atoms with Crippen LogP contribution in [0.5, 0.6) is 0 Å². The van der Waals surface area contributed by atoms with Gasteiger partial charge in [0.25, 0.3) is 11.8 Å². The van der Waals surface area contributed by atoms with Crippen LogP contribution in [-0.2, 0) is 20.5 Å². The van der Waals surface area contributed by atoms with Crippen LogP contribution in [0.4, 0.5) is 24.5 Å². The van der Waals surface area contributed by atoms with Gasteiger partial charge in [-0.25, -0.2) is 9.69 Å². The van der Waals surface area contributed by atoms with E-state index in [4.69, 9.17) is 16.3 Å². The lowest BCUT2D eigenvalue weighted by molar-refractivity contribution is -0.137. The van der Waals surface area contributed by atoms with Gasteiger partial charge in [-0.1, -0.05) is 37.1 Å². The fraction of sp³-hybridized carbons (Fsp3) is 0.227. The Balaban J connectivity index is 1.83. The summed E-state index contributed by atoms with van der Waals surface area (Å²) in [5, 5.41) is 2.02. The SMILES string of the molecule is CCCCOC(=O)c1cccc(N2C(=O)C(Cl)=C(Nc3cccc(C(F)(F)F)c3)C2=O)c1. The summed E-state index contributed by atoms with van der Waals surface area (Å²) in [6.07, 6.45) is -3.04. The van der Waals surface area contributed by atoms with Crippen molar-refractivity contribution in [2.24, 2.45) is 0 Å². The van der Waals surface area contributed by atoms with Crippen LogP contribution in [-0.4, -0.2) is 24.4 Å². The van der Waals surface area contributed by atoms with E-state index in [2.05, 4.69) is 5.32 Å². The number of anilines is 2. The number of amides is 2. The standard InChI is InChI=1S/C22H18ClF3N2O4/c1-2-3-10-32-21(31)13-6-4-9-16(11-13)28-19(29)17(23)18(20(28)30)27-15-8-5-7-14(12-15)22(24,25)26/h4-9,11-12,27H,2-3,10H2,1H3. The lowest BCUT2D eigenvalue weighted by Gasteiger charge is -2.16. The Bertz CT molecular complexity index is 1100. The Hall–Kier alpha value is -3.33. The van der Waals surface area contributed by atoms with E-state index in [1.165, 1.54) is 30.3 Å². The fourth-order valence-electron chi connectivity index (χ4n) is 2.93. The van der Waals surface area contributed by atoms with E-state index in [9.17, 15) is 27.6 Å². The predicted molar refractivity (Wildman–Crippen MR) is 112 cm³/mol. The van der Waals surface area contributed by atoms with E-state index in [1.807, 2.05) is 6.92 Å². The highest BCUT2D eigenvalue weighted by molar-refractivity contribution is 6.53. The molecule has 1 N–H and O–H groups in total. The minimum absolute atomic E-state index is 0.0655. The number of ether oxygens (including phenoxy) is 1. The lowest BCUT2D eigenvalue weighted by Crippen LogP contribution is -2.32. The van der Waals surface area contributed by atoms with Crippen LogP contribution in [0.1, 0.15) is 35.7 Å². The summed E-state index contributed by atoms with van der Waals surface area (Å²) in [6.45, 7) is 2.18. The number of benzene rings is 2. The number of halogens is 4. The molecule has 6 nitrogen and oxygen atoms in total. The molecule has 0 fully saturated rings. The number of nitrogens with zero attached hydrogens (tertiary/aromatic N) is 1. The summed E-state index contributed by atoms with van der Waals surface area (Å²) in [7, 11) is 0. The number of unbranched alkanes of at least 4 members (excludes halogenated alkanes) is 1. The molecule has 0 radical (unpaired) electrons. The van der Waals surface area contributed by atoms with Crippen LogP contribution in [0, 0.1) is 0 Å². The monoisotopic (exact) mass is 466 g/mol. The Kier molecular flexibility index (Phi) is 6.88. The zero-order chi connectivity index (χ0) is 23.5. The molecule has 0 saturated heterocycles. The van der Waals surface area contributed by atoms with Gasteiger partial charge in [0, 0.05) is 5.69 Å². The maximum atomic E-state index is 12.9. The first-order chi connectivity index (χ1) is 15.1. The van der Waals surface area contributed by atoms with Crippen molar-refractivity contribution in [3.63, 3.8) is 0 Å². The second-order valence-corrected chi connectivity index (χ2v) is 7.26. The average Bonchev–Trinajstić information content (AvgIpc) is 2.96. The van der Waals surface area contributed by atoms with Crippen LogP contribution >= 0.6 is 11.6 Å². The molecule has 1 aliphatic rings. The number of imide groups is 1. The van der Waals surface area contributed by atoms with Crippen LogP contribution in [0.15, 0.2) is 59.3 Å². The summed E-state index contributed by atoms with van der Waals surface area (Å²) < 4.78 is 44.0. The molecule has 3 rings (SSSR count). The summed E-state index contributed by atoms with van der Waals surface area (Å²) in [6, 6.07) is 9.81. The largest absolute Gasteiger partial charge is 0.462 e. The van der Waals surface area contributed by atoms with Crippen molar-refractivity contribution in [1.82, 2.24) is 0 Å². The van der Waals surface area contributed by atoms with E-state index >= 15 is 0 Å². The second-order valence-electron chi connectivity index (χ2n) is 6.88. The Labute approximate surface area is 186 Å². The number of hydrogen-bond donors (Lipinski definition) is 1. The second kappa shape index (κ2) is 9.44. The number of carbonyl (C=O) groups excluding carboxylic acids is 3. The zero-order valence-electron chi connectivity index (χ0n) is 16.8. The van der Waals surface area contributed by atoms with Crippen molar-refractivity contribution in [3.8, 4) is 0 Å². The molecule has 32 heavy (non-hydrogen) atoms. The number of esters is 1. The molecule has 1 aliphatic heterocycles. The first kappa shape index (κ1) is 23.3. The molecule has 168 valence electrons. The van der Waals surface area contributed by atoms with Crippen LogP contribution in [0.3, 0.4) is 0 Å². The van der Waals surface area contributed by atoms with Gasteiger partial charge in [0.05, 0.1) is 23.4 Å². The van der Waals surface area contributed by atoms with E-state index in [-0.39, 0.29) is 29.2 Å². The summed E-state index contributed by atoms with van der Waals surface area (Å²) in [5.41, 5.74) is -1.16. The van der Waals surface area contributed by atoms with E-state index < -0.39 is 34.6 Å². The number of alkyl halides is 3. The molecular weight excluding hydrogens is 449 g/mol. The number of carbonyl (C=O) groups is 3. The van der Waals surface area contributed by atoms with Gasteiger partial charge < -0.3 is 10.1 Å². The molecule has 0 aromatic heterocycles. The smallest absolute Gasteiger partial charge is 0.416 e. The maximum absolute atomic E-state index is 12.9. The minimum atomic E-state index is -4.58. The summed E-state index contributed by atoms with van der Waals surface area (Å²) >= 11 is 6.03. The first-order valence-electron chi connectivity index (χ1n) is 9.63. The highest BCUT2D eigenvalue weighted by Gasteiger charge is 2.39. The molecule has 2 aromatic carbocycles. The quantitative estimate of drug-likeness (QED) is 0.349. The molecule has 0 unspecified atom stereocenters. The molecule has 10 heteroatoms. The Morgan fingerprint density at radius 2 is 1.81 bits per heavy atom. The minimum Gasteiger partial charge on any atom is -0.462 e. The Morgan fingerprint density at radius 1 is 1.09 bits per heavy atom. The van der Waals surface area contributed by atoms with Crippen molar-refractivity contribution < 1.29 is 32.3 Å². The van der Waals surface area contributed by atoms with Crippen LogP contribution < -0.4 is 10.2 Å². The maximum Gasteiger partial charge on any atom is 0.416 e. The van der Waals surface area contributed by atoms with Gasteiger partial charge in [-0.2, -0.15) is 13.2 Å². The fourth-order valence-corrected chi connectivity index (χ4v) is 3.14. The van der Waals surface area contributed by atoms with Crippen molar-refractivity contribution in [2.45, 2.75) is 25.9 Å². The van der Waals surface area contributed by atoms with E-state index in [1.54, 1.807) is 0 Å². The number of nitrogens with one attached hydrogen (secondary N) is 1. The summed E-state index contributed by atoms with van der Waals surface area (Å²) in [4.78, 5) is 38.4. The van der Waals surface area contributed by atoms with Crippen molar-refractivity contribution in [2.75, 3.05) is 16.8 Å². The number of rotatable bonds is 7. The molecule has 0 atom stereocenters. The third-order valence-corrected chi connectivity index (χ3v) is 4.91. The first-order valence-corrected chi connectivity index (χ1v) is 10.0. The molecule has 0 bridgehead atoms. The van der Waals surface area contributed by atoms with E-state index in [0.717, 1.165) is 29.5 Å². The third kappa shape index (κ3) is 4.94. The molecule has 2 amide bonds. The lowest BCUT2D eigenvalue weighted by atomic mass is 10.2. The average molecular weight is 467 g/mol. The molecule has 0 spiro atoms. The molecule has 2 aromatic rings. The van der Waals surface area contributed by atoms with Gasteiger partial charge in [-0.3, -0.25) is 9.59 Å². The van der Waals surface area contributed by atoms with Gasteiger partial charge in [0.1, 0.15) is 10.7 Å². The van der Waals surface area contributed by atoms with Crippen molar-refractivity contribution >= 4 is 40.8 Å². The zero-order valence-corrected chi connectivity index (χ0v) is 17.6. The van der Waals surface area contributed by atoms with Gasteiger partial charge in [0.15, 0.2) is 0 Å². The normalized spacial score (nSPS) is 14.2. The van der Waals surface area contributed by atoms with Crippen molar-refractivity contribution in [3.05, 3.63) is 70.4 Å². The molecule has 1 heterocycles. The highest BCUT2D eigenvalue weighted by atomic mass is 35.5. The predicted octanol–water partition coefficient (Wildman–Crippen LogP) is 5.10. The topological polar surface area (TPSA) is 75.7 Å². The van der Waals surface area contributed by atoms with Gasteiger partial charge >= 0.3 is 12.1 Å². The van der Waals surface area contributed by atoms with Crippen LogP contribution in [0.2, 0.25) is 0 Å². The van der Waals surface area contributed by atoms with Gasteiger partial charge in [-0.05, 0) is 42.8 Å². The summed E-state index contributed by atoms with van der Waals surface area (Å²) in [5.74, 6) is -2.35. The molecule has 0 saturated carbocycles. The highest BCUT2D eigenvalue weighted by Crippen LogP contribution is 2.33. The molecular formula is C22H18ClF3N2O4. The molecule has 0 aliphatic carbocycles. The number of hydrogen-bond acceptors (Lipinski definition) is 5. The van der Waals surface area contributed by atoms with E-state index in [0.29, 0.717) is 6.42 Å². The van der Waals surface area contributed by atoms with Crippen LogP contribution in [0.25, 0.3) is 0 Å². The van der Waals surface area contributed by atoms with Crippen molar-refractivity contribution in [1.29, 1.82) is 0 Å².